The summed E-state index contributed by atoms with van der Waals surface area (Å²) in [5, 5.41) is 8.97. The van der Waals surface area contributed by atoms with Crippen LogP contribution in [0, 0.1) is 0 Å². The number of hydrogen-bond donors (Lipinski definition) is 1. The second-order valence-electron chi connectivity index (χ2n) is 5.32. The number of likely N-dealkylation sites (tertiary alicyclic amines) is 1. The van der Waals surface area contributed by atoms with Crippen molar-refractivity contribution in [2.45, 2.75) is 25.6 Å². The Hall–Kier alpha value is -1.40. The third-order valence-corrected chi connectivity index (χ3v) is 4.92. The summed E-state index contributed by atoms with van der Waals surface area (Å²) in [6, 6.07) is 5.28. The summed E-state index contributed by atoms with van der Waals surface area (Å²) in [6.45, 7) is 3.54. The van der Waals surface area contributed by atoms with Crippen LogP contribution < -0.4 is 0 Å². The maximum Gasteiger partial charge on any atom is 0.320 e. The van der Waals surface area contributed by atoms with E-state index in [0.717, 1.165) is 15.6 Å². The fourth-order valence-corrected chi connectivity index (χ4v) is 3.26. The number of fused-ring (bicyclic) bond motifs is 1. The molecule has 1 aromatic carbocycles. The monoisotopic (exact) mass is 338 g/mol. The first-order valence-electron chi connectivity index (χ1n) is 6.54. The standard InChI is InChI=1S/C14H15BrN2O3/c1-8(14(19)20)16-5-9(6-16)17-7-11-10(13(17)18)3-2-4-12(11)15/h2-4,8-9H,5-7H2,1H3,(H,19,20). The molecule has 20 heavy (non-hydrogen) atoms. The number of aliphatic carboxylic acids is 1. The van der Waals surface area contributed by atoms with Crippen LogP contribution in [0.15, 0.2) is 22.7 Å². The zero-order valence-electron chi connectivity index (χ0n) is 11.0. The first-order chi connectivity index (χ1) is 9.49. The van der Waals surface area contributed by atoms with Gasteiger partial charge in [-0.05, 0) is 24.6 Å². The van der Waals surface area contributed by atoms with Crippen LogP contribution in [0.1, 0.15) is 22.8 Å². The van der Waals surface area contributed by atoms with E-state index in [1.54, 1.807) is 6.92 Å². The highest BCUT2D eigenvalue weighted by Gasteiger charge is 2.42. The molecule has 3 rings (SSSR count). The molecule has 1 amide bonds. The van der Waals surface area contributed by atoms with E-state index < -0.39 is 12.0 Å². The van der Waals surface area contributed by atoms with Crippen molar-refractivity contribution in [2.24, 2.45) is 0 Å². The van der Waals surface area contributed by atoms with Gasteiger partial charge in [0.1, 0.15) is 6.04 Å². The van der Waals surface area contributed by atoms with Gasteiger partial charge in [-0.3, -0.25) is 14.5 Å². The highest BCUT2D eigenvalue weighted by Crippen LogP contribution is 2.32. The van der Waals surface area contributed by atoms with E-state index in [1.807, 2.05) is 28.0 Å². The Morgan fingerprint density at radius 2 is 2.15 bits per heavy atom. The molecule has 106 valence electrons. The van der Waals surface area contributed by atoms with Crippen molar-refractivity contribution in [1.29, 1.82) is 0 Å². The van der Waals surface area contributed by atoms with Crippen molar-refractivity contribution >= 4 is 27.8 Å². The van der Waals surface area contributed by atoms with Crippen LogP contribution in [-0.2, 0) is 11.3 Å². The Morgan fingerprint density at radius 1 is 1.45 bits per heavy atom. The van der Waals surface area contributed by atoms with Gasteiger partial charge in [0.05, 0.1) is 6.04 Å². The van der Waals surface area contributed by atoms with E-state index in [2.05, 4.69) is 15.9 Å². The highest BCUT2D eigenvalue weighted by molar-refractivity contribution is 9.10. The molecule has 5 nitrogen and oxygen atoms in total. The molecule has 0 aliphatic carbocycles. The minimum Gasteiger partial charge on any atom is -0.480 e. The third-order valence-electron chi connectivity index (χ3n) is 4.17. The Bertz CT molecular complexity index is 584. The van der Waals surface area contributed by atoms with Crippen LogP contribution in [0.5, 0.6) is 0 Å². The van der Waals surface area contributed by atoms with E-state index in [4.69, 9.17) is 5.11 Å². The number of amides is 1. The van der Waals surface area contributed by atoms with Gasteiger partial charge >= 0.3 is 5.97 Å². The lowest BCUT2D eigenvalue weighted by molar-refractivity contribution is -0.145. The average molecular weight is 339 g/mol. The number of carbonyl (C=O) groups excluding carboxylic acids is 1. The second-order valence-corrected chi connectivity index (χ2v) is 6.18. The summed E-state index contributed by atoms with van der Waals surface area (Å²) in [5.41, 5.74) is 1.78. The summed E-state index contributed by atoms with van der Waals surface area (Å²) < 4.78 is 0.959. The Morgan fingerprint density at radius 3 is 2.75 bits per heavy atom. The molecule has 1 fully saturated rings. The van der Waals surface area contributed by atoms with Gasteiger partial charge in [0, 0.05) is 29.7 Å². The van der Waals surface area contributed by atoms with Crippen molar-refractivity contribution in [3.63, 3.8) is 0 Å². The predicted octanol–water partition coefficient (Wildman–Crippen LogP) is 1.56. The van der Waals surface area contributed by atoms with Crippen LogP contribution in [-0.4, -0.2) is 52.0 Å². The summed E-state index contributed by atoms with van der Waals surface area (Å²) in [6.07, 6.45) is 0. The van der Waals surface area contributed by atoms with Crippen molar-refractivity contribution < 1.29 is 14.7 Å². The molecule has 6 heteroatoms. The van der Waals surface area contributed by atoms with E-state index >= 15 is 0 Å². The second kappa shape index (κ2) is 4.86. The van der Waals surface area contributed by atoms with Crippen LogP contribution >= 0.6 is 15.9 Å². The van der Waals surface area contributed by atoms with Gasteiger partial charge in [-0.2, -0.15) is 0 Å². The third kappa shape index (κ3) is 2.03. The predicted molar refractivity (Wildman–Crippen MR) is 76.5 cm³/mol. The van der Waals surface area contributed by atoms with E-state index in [-0.39, 0.29) is 11.9 Å². The largest absolute Gasteiger partial charge is 0.480 e. The SMILES string of the molecule is CC(C(=O)O)N1CC(N2Cc3c(Br)cccc3C2=O)C1. The molecule has 0 saturated carbocycles. The van der Waals surface area contributed by atoms with E-state index in [1.165, 1.54) is 0 Å². The summed E-state index contributed by atoms with van der Waals surface area (Å²) in [7, 11) is 0. The summed E-state index contributed by atoms with van der Waals surface area (Å²) in [4.78, 5) is 27.0. The minimum absolute atomic E-state index is 0.0499. The van der Waals surface area contributed by atoms with Gasteiger partial charge in [-0.25, -0.2) is 0 Å². The molecule has 1 unspecified atom stereocenters. The fourth-order valence-electron chi connectivity index (χ4n) is 2.77. The van der Waals surface area contributed by atoms with Gasteiger partial charge in [-0.15, -0.1) is 0 Å². The van der Waals surface area contributed by atoms with Crippen molar-refractivity contribution in [2.75, 3.05) is 13.1 Å². The van der Waals surface area contributed by atoms with Crippen LogP contribution in [0.4, 0.5) is 0 Å². The molecular weight excluding hydrogens is 324 g/mol. The Balaban J connectivity index is 1.70. The van der Waals surface area contributed by atoms with Gasteiger partial charge in [0.25, 0.3) is 5.91 Å². The lowest BCUT2D eigenvalue weighted by atomic mass is 10.0. The van der Waals surface area contributed by atoms with Crippen LogP contribution in [0.25, 0.3) is 0 Å². The number of carboxylic acids is 1. The topological polar surface area (TPSA) is 60.9 Å². The number of benzene rings is 1. The first kappa shape index (κ1) is 13.6. The molecule has 0 radical (unpaired) electrons. The van der Waals surface area contributed by atoms with Gasteiger partial charge in [0.2, 0.25) is 0 Å². The number of carbonyl (C=O) groups is 2. The normalized spacial score (nSPS) is 20.7. The zero-order chi connectivity index (χ0) is 14.4. The molecule has 1 N–H and O–H groups in total. The quantitative estimate of drug-likeness (QED) is 0.908. The summed E-state index contributed by atoms with van der Waals surface area (Å²) >= 11 is 3.48. The molecule has 0 bridgehead atoms. The smallest absolute Gasteiger partial charge is 0.320 e. The van der Waals surface area contributed by atoms with Gasteiger partial charge in [-0.1, -0.05) is 22.0 Å². The molecule has 2 aliphatic rings. The van der Waals surface area contributed by atoms with Crippen LogP contribution in [0.2, 0.25) is 0 Å². The number of hydrogen-bond acceptors (Lipinski definition) is 3. The zero-order valence-corrected chi connectivity index (χ0v) is 12.6. The molecular formula is C14H15BrN2O3. The lowest BCUT2D eigenvalue weighted by Gasteiger charge is -2.45. The van der Waals surface area contributed by atoms with Crippen molar-refractivity contribution in [1.82, 2.24) is 9.80 Å². The summed E-state index contributed by atoms with van der Waals surface area (Å²) in [5.74, 6) is -0.767. The number of nitrogens with zero attached hydrogens (tertiary/aromatic N) is 2. The molecule has 1 aromatic rings. The molecule has 1 atom stereocenters. The van der Waals surface area contributed by atoms with E-state index in [9.17, 15) is 9.59 Å². The molecule has 2 aliphatic heterocycles. The van der Waals surface area contributed by atoms with Crippen molar-refractivity contribution in [3.8, 4) is 0 Å². The molecule has 2 heterocycles. The number of rotatable bonds is 3. The first-order valence-corrected chi connectivity index (χ1v) is 7.33. The molecule has 1 saturated heterocycles. The fraction of sp³-hybridized carbons (Fsp3) is 0.429. The maximum atomic E-state index is 12.4. The maximum absolute atomic E-state index is 12.4. The average Bonchev–Trinajstić information content (AvgIpc) is 2.67. The highest BCUT2D eigenvalue weighted by atomic mass is 79.9. The van der Waals surface area contributed by atoms with Gasteiger partial charge < -0.3 is 10.0 Å². The van der Waals surface area contributed by atoms with Crippen LogP contribution in [0.3, 0.4) is 0 Å². The number of halogens is 1. The minimum atomic E-state index is -0.817. The lowest BCUT2D eigenvalue weighted by Crippen LogP contribution is -2.63. The van der Waals surface area contributed by atoms with Crippen molar-refractivity contribution in [3.05, 3.63) is 33.8 Å². The Kier molecular flexibility index (Phi) is 3.30. The molecule has 0 spiro atoms. The number of carboxylic acid groups (broad SMARTS) is 1. The van der Waals surface area contributed by atoms with Gasteiger partial charge in [0.15, 0.2) is 0 Å². The molecule has 0 aromatic heterocycles. The van der Waals surface area contributed by atoms with E-state index in [0.29, 0.717) is 19.6 Å². The Labute approximate surface area is 125 Å².